The standard InChI is InChI=1S/C14H15NO5/c16-12(8-6-10-4-2-1-3-5-10)15-11(14(19)20)7-9-13(17)18/h1-6,8,11H,7,9H2,(H,15,16)(H,17,18)(H,19,20)/b8-6+/t11-/m1/s1. The van der Waals surface area contributed by atoms with E-state index in [1.54, 1.807) is 18.2 Å². The van der Waals surface area contributed by atoms with Gasteiger partial charge in [0.25, 0.3) is 0 Å². The molecule has 1 atom stereocenters. The van der Waals surface area contributed by atoms with Gasteiger partial charge in [-0.2, -0.15) is 0 Å². The maximum Gasteiger partial charge on any atom is 0.326 e. The Kier molecular flexibility index (Phi) is 5.96. The Morgan fingerprint density at radius 2 is 1.80 bits per heavy atom. The molecule has 0 saturated heterocycles. The summed E-state index contributed by atoms with van der Waals surface area (Å²) in [5.41, 5.74) is 0.806. The van der Waals surface area contributed by atoms with Gasteiger partial charge in [0, 0.05) is 12.5 Å². The highest BCUT2D eigenvalue weighted by atomic mass is 16.4. The van der Waals surface area contributed by atoms with Crippen LogP contribution in [0.4, 0.5) is 0 Å². The van der Waals surface area contributed by atoms with Crippen LogP contribution >= 0.6 is 0 Å². The molecule has 0 radical (unpaired) electrons. The van der Waals surface area contributed by atoms with E-state index in [9.17, 15) is 14.4 Å². The fourth-order valence-corrected chi connectivity index (χ4v) is 1.48. The second-order valence-corrected chi connectivity index (χ2v) is 4.08. The molecule has 0 heterocycles. The number of carbonyl (C=O) groups excluding carboxylic acids is 1. The third-order valence-corrected chi connectivity index (χ3v) is 2.49. The highest BCUT2D eigenvalue weighted by Crippen LogP contribution is 2.02. The number of nitrogens with one attached hydrogen (secondary N) is 1. The van der Waals surface area contributed by atoms with Crippen LogP contribution in [-0.4, -0.2) is 34.1 Å². The minimum absolute atomic E-state index is 0.157. The molecule has 1 aromatic carbocycles. The number of carbonyl (C=O) groups is 3. The van der Waals surface area contributed by atoms with E-state index in [0.29, 0.717) is 0 Å². The fourth-order valence-electron chi connectivity index (χ4n) is 1.48. The smallest absolute Gasteiger partial charge is 0.326 e. The van der Waals surface area contributed by atoms with E-state index in [1.807, 2.05) is 18.2 Å². The number of hydrogen-bond acceptors (Lipinski definition) is 3. The molecule has 3 N–H and O–H groups in total. The lowest BCUT2D eigenvalue weighted by atomic mass is 10.1. The normalized spacial score (nSPS) is 12.0. The number of amides is 1. The van der Waals surface area contributed by atoms with E-state index in [4.69, 9.17) is 10.2 Å². The van der Waals surface area contributed by atoms with Gasteiger partial charge in [-0.15, -0.1) is 0 Å². The Balaban J connectivity index is 2.56. The van der Waals surface area contributed by atoms with E-state index in [-0.39, 0.29) is 12.8 Å². The molecule has 0 saturated carbocycles. The average Bonchev–Trinajstić information content (AvgIpc) is 2.41. The Morgan fingerprint density at radius 1 is 1.15 bits per heavy atom. The van der Waals surface area contributed by atoms with Crippen molar-refractivity contribution in [2.45, 2.75) is 18.9 Å². The molecule has 1 rings (SSSR count). The first-order valence-electron chi connectivity index (χ1n) is 5.97. The van der Waals surface area contributed by atoms with Crippen molar-refractivity contribution in [2.24, 2.45) is 0 Å². The number of carboxylic acids is 2. The molecule has 6 nitrogen and oxygen atoms in total. The molecule has 0 aliphatic carbocycles. The van der Waals surface area contributed by atoms with Crippen LogP contribution in [0.25, 0.3) is 6.08 Å². The van der Waals surface area contributed by atoms with Gasteiger partial charge in [0.05, 0.1) is 0 Å². The highest BCUT2D eigenvalue weighted by molar-refractivity contribution is 5.94. The van der Waals surface area contributed by atoms with Crippen LogP contribution in [0.5, 0.6) is 0 Å². The van der Waals surface area contributed by atoms with Crippen LogP contribution < -0.4 is 5.32 Å². The molecule has 0 aromatic heterocycles. The molecule has 0 spiro atoms. The molecule has 106 valence electrons. The van der Waals surface area contributed by atoms with E-state index < -0.39 is 23.9 Å². The van der Waals surface area contributed by atoms with Gasteiger partial charge in [0.15, 0.2) is 0 Å². The minimum Gasteiger partial charge on any atom is -0.481 e. The van der Waals surface area contributed by atoms with Gasteiger partial charge in [-0.1, -0.05) is 30.3 Å². The molecular weight excluding hydrogens is 262 g/mol. The lowest BCUT2D eigenvalue weighted by Gasteiger charge is -2.11. The summed E-state index contributed by atoms with van der Waals surface area (Å²) in [5, 5.41) is 19.7. The first-order chi connectivity index (χ1) is 9.49. The zero-order valence-corrected chi connectivity index (χ0v) is 10.7. The summed E-state index contributed by atoms with van der Waals surface area (Å²) in [5.74, 6) is -2.94. The van der Waals surface area contributed by atoms with Gasteiger partial charge >= 0.3 is 11.9 Å². The zero-order chi connectivity index (χ0) is 15.0. The molecule has 20 heavy (non-hydrogen) atoms. The quantitative estimate of drug-likeness (QED) is 0.648. The summed E-state index contributed by atoms with van der Waals surface area (Å²) in [6, 6.07) is 7.84. The van der Waals surface area contributed by atoms with E-state index in [2.05, 4.69) is 5.32 Å². The molecule has 1 amide bonds. The molecule has 0 aliphatic heterocycles. The second kappa shape index (κ2) is 7.73. The average molecular weight is 277 g/mol. The number of aliphatic carboxylic acids is 2. The number of benzene rings is 1. The highest BCUT2D eigenvalue weighted by Gasteiger charge is 2.19. The van der Waals surface area contributed by atoms with Crippen molar-refractivity contribution < 1.29 is 24.6 Å². The van der Waals surface area contributed by atoms with Crippen LogP contribution in [0.15, 0.2) is 36.4 Å². The minimum atomic E-state index is -1.26. The molecule has 0 fully saturated rings. The maximum atomic E-state index is 11.6. The molecule has 6 heteroatoms. The van der Waals surface area contributed by atoms with Gasteiger partial charge in [-0.3, -0.25) is 9.59 Å². The molecule has 1 aromatic rings. The van der Waals surface area contributed by atoms with Crippen molar-refractivity contribution in [2.75, 3.05) is 0 Å². The number of carboxylic acid groups (broad SMARTS) is 2. The molecular formula is C14H15NO5. The Bertz CT molecular complexity index is 510. The first-order valence-corrected chi connectivity index (χ1v) is 5.97. The Labute approximate surface area is 115 Å². The fraction of sp³-hybridized carbons (Fsp3) is 0.214. The summed E-state index contributed by atoms with van der Waals surface area (Å²) in [6.45, 7) is 0. The number of hydrogen-bond donors (Lipinski definition) is 3. The third kappa shape index (κ3) is 5.81. The van der Waals surface area contributed by atoms with Crippen molar-refractivity contribution in [3.8, 4) is 0 Å². The van der Waals surface area contributed by atoms with Crippen molar-refractivity contribution in [1.82, 2.24) is 5.32 Å². The molecule has 0 aliphatic rings. The lowest BCUT2D eigenvalue weighted by Crippen LogP contribution is -2.40. The largest absolute Gasteiger partial charge is 0.481 e. The summed E-state index contributed by atoms with van der Waals surface area (Å²) in [4.78, 5) is 32.9. The Morgan fingerprint density at radius 3 is 2.35 bits per heavy atom. The van der Waals surface area contributed by atoms with Crippen molar-refractivity contribution >= 4 is 23.9 Å². The third-order valence-electron chi connectivity index (χ3n) is 2.49. The second-order valence-electron chi connectivity index (χ2n) is 4.08. The first kappa shape index (κ1) is 15.4. The lowest BCUT2D eigenvalue weighted by molar-refractivity contribution is -0.142. The Hall–Kier alpha value is -2.63. The van der Waals surface area contributed by atoms with Gasteiger partial charge in [-0.05, 0) is 18.1 Å². The topological polar surface area (TPSA) is 104 Å². The summed E-state index contributed by atoms with van der Waals surface area (Å²) in [7, 11) is 0. The van der Waals surface area contributed by atoms with Gasteiger partial charge in [0.1, 0.15) is 6.04 Å². The van der Waals surface area contributed by atoms with E-state index in [1.165, 1.54) is 6.08 Å². The predicted molar refractivity (Wildman–Crippen MR) is 71.9 cm³/mol. The summed E-state index contributed by atoms with van der Waals surface area (Å²) < 4.78 is 0. The van der Waals surface area contributed by atoms with Crippen LogP contribution in [0.3, 0.4) is 0 Å². The summed E-state index contributed by atoms with van der Waals surface area (Å²) in [6.07, 6.45) is 2.28. The van der Waals surface area contributed by atoms with Crippen molar-refractivity contribution in [1.29, 1.82) is 0 Å². The van der Waals surface area contributed by atoms with Crippen LogP contribution in [0.2, 0.25) is 0 Å². The van der Waals surface area contributed by atoms with E-state index >= 15 is 0 Å². The van der Waals surface area contributed by atoms with Gasteiger partial charge in [-0.25, -0.2) is 4.79 Å². The SMILES string of the molecule is O=C(O)CC[C@@H](NC(=O)/C=C/c1ccccc1)C(=O)O. The van der Waals surface area contributed by atoms with Crippen LogP contribution in [-0.2, 0) is 14.4 Å². The molecule has 0 unspecified atom stereocenters. The summed E-state index contributed by atoms with van der Waals surface area (Å²) >= 11 is 0. The maximum absolute atomic E-state index is 11.6. The predicted octanol–water partition coefficient (Wildman–Crippen LogP) is 1.13. The van der Waals surface area contributed by atoms with E-state index in [0.717, 1.165) is 5.56 Å². The zero-order valence-electron chi connectivity index (χ0n) is 10.7. The van der Waals surface area contributed by atoms with Gasteiger partial charge < -0.3 is 15.5 Å². The molecule has 0 bridgehead atoms. The van der Waals surface area contributed by atoms with Crippen LogP contribution in [0.1, 0.15) is 18.4 Å². The number of rotatable bonds is 7. The van der Waals surface area contributed by atoms with Crippen molar-refractivity contribution in [3.05, 3.63) is 42.0 Å². The monoisotopic (exact) mass is 277 g/mol. The van der Waals surface area contributed by atoms with Crippen LogP contribution in [0, 0.1) is 0 Å². The van der Waals surface area contributed by atoms with Crippen molar-refractivity contribution in [3.63, 3.8) is 0 Å². The van der Waals surface area contributed by atoms with Gasteiger partial charge in [0.2, 0.25) is 5.91 Å².